The first kappa shape index (κ1) is 18.3. The third-order valence-electron chi connectivity index (χ3n) is 6.19. The summed E-state index contributed by atoms with van der Waals surface area (Å²) in [5, 5.41) is 3.87. The molecular formula is C19H29N5O3. The second-order valence-corrected chi connectivity index (χ2v) is 8.02. The highest BCUT2D eigenvalue weighted by Crippen LogP contribution is 2.29. The quantitative estimate of drug-likeness (QED) is 0.790. The normalized spacial score (nSPS) is 22.5. The molecule has 3 fully saturated rings. The minimum Gasteiger partial charge on any atom is -0.342 e. The lowest BCUT2D eigenvalue weighted by Crippen LogP contribution is -2.49. The van der Waals surface area contributed by atoms with Gasteiger partial charge in [-0.2, -0.15) is 4.98 Å². The van der Waals surface area contributed by atoms with Crippen LogP contribution in [0, 0.1) is 12.8 Å². The van der Waals surface area contributed by atoms with E-state index < -0.39 is 0 Å². The zero-order chi connectivity index (χ0) is 18.8. The Morgan fingerprint density at radius 2 is 1.48 bits per heavy atom. The summed E-state index contributed by atoms with van der Waals surface area (Å²) in [6, 6.07) is 0.161. The molecule has 1 aromatic rings. The van der Waals surface area contributed by atoms with Crippen LogP contribution >= 0.6 is 0 Å². The molecule has 3 amide bonds. The van der Waals surface area contributed by atoms with Crippen LogP contribution in [0.4, 0.5) is 4.79 Å². The van der Waals surface area contributed by atoms with Gasteiger partial charge in [-0.15, -0.1) is 0 Å². The minimum atomic E-state index is 0.0508. The fourth-order valence-electron chi connectivity index (χ4n) is 4.51. The molecule has 8 heteroatoms. The van der Waals surface area contributed by atoms with E-state index in [-0.39, 0.29) is 23.8 Å². The fraction of sp³-hybridized carbons (Fsp3) is 0.789. The van der Waals surface area contributed by atoms with Gasteiger partial charge in [0.1, 0.15) is 0 Å². The van der Waals surface area contributed by atoms with Crippen LogP contribution in [-0.4, -0.2) is 76.0 Å². The van der Waals surface area contributed by atoms with Crippen LogP contribution in [0.5, 0.6) is 0 Å². The SMILES string of the molecule is Cc1noc(C2CCN(C(=O)C3CCN(C(=O)N4CCCC4)CC3)CC2)n1. The predicted octanol–water partition coefficient (Wildman–Crippen LogP) is 2.01. The summed E-state index contributed by atoms with van der Waals surface area (Å²) in [5.41, 5.74) is 0. The van der Waals surface area contributed by atoms with Gasteiger partial charge in [0.2, 0.25) is 11.8 Å². The van der Waals surface area contributed by atoms with Crippen LogP contribution in [0.25, 0.3) is 0 Å². The van der Waals surface area contributed by atoms with E-state index in [0.717, 1.165) is 64.7 Å². The Balaban J connectivity index is 1.24. The summed E-state index contributed by atoms with van der Waals surface area (Å²) in [7, 11) is 0. The fourth-order valence-corrected chi connectivity index (χ4v) is 4.51. The van der Waals surface area contributed by atoms with Crippen molar-refractivity contribution in [3.63, 3.8) is 0 Å². The van der Waals surface area contributed by atoms with Gasteiger partial charge in [-0.1, -0.05) is 5.16 Å². The smallest absolute Gasteiger partial charge is 0.319 e. The largest absolute Gasteiger partial charge is 0.342 e. The summed E-state index contributed by atoms with van der Waals surface area (Å²) in [6.45, 7) is 6.48. The Labute approximate surface area is 159 Å². The molecule has 3 aliphatic rings. The highest BCUT2D eigenvalue weighted by molar-refractivity contribution is 5.80. The maximum absolute atomic E-state index is 12.9. The molecule has 4 rings (SSSR count). The number of carbonyl (C=O) groups excluding carboxylic acids is 2. The molecular weight excluding hydrogens is 346 g/mol. The van der Waals surface area contributed by atoms with E-state index in [1.54, 1.807) is 0 Å². The van der Waals surface area contributed by atoms with E-state index in [9.17, 15) is 9.59 Å². The zero-order valence-corrected chi connectivity index (χ0v) is 16.1. The Morgan fingerprint density at radius 1 is 0.889 bits per heavy atom. The molecule has 1 aromatic heterocycles. The number of aromatic nitrogens is 2. The van der Waals surface area contributed by atoms with Crippen molar-refractivity contribution in [2.75, 3.05) is 39.3 Å². The Morgan fingerprint density at radius 3 is 2.07 bits per heavy atom. The van der Waals surface area contributed by atoms with Crippen molar-refractivity contribution in [3.05, 3.63) is 11.7 Å². The second kappa shape index (κ2) is 7.86. The number of piperidine rings is 2. The average Bonchev–Trinajstić information content (AvgIpc) is 3.39. The molecule has 0 bridgehead atoms. The standard InChI is InChI=1S/C19H29N5O3/c1-14-20-17(27-21-14)15-4-10-22(11-5-15)18(25)16-6-12-24(13-7-16)19(26)23-8-2-3-9-23/h15-16H,2-13H2,1H3. The van der Waals surface area contributed by atoms with E-state index in [1.807, 2.05) is 21.6 Å². The topological polar surface area (TPSA) is 82.8 Å². The van der Waals surface area contributed by atoms with Crippen LogP contribution < -0.4 is 0 Å². The maximum Gasteiger partial charge on any atom is 0.319 e. The van der Waals surface area contributed by atoms with Gasteiger partial charge >= 0.3 is 6.03 Å². The van der Waals surface area contributed by atoms with Crippen molar-refractivity contribution < 1.29 is 14.1 Å². The molecule has 0 aliphatic carbocycles. The van der Waals surface area contributed by atoms with Gasteiger partial charge in [0, 0.05) is 51.1 Å². The Kier molecular flexibility index (Phi) is 5.31. The van der Waals surface area contributed by atoms with Gasteiger partial charge < -0.3 is 19.2 Å². The van der Waals surface area contributed by atoms with Crippen molar-refractivity contribution >= 4 is 11.9 Å². The first-order chi connectivity index (χ1) is 13.1. The maximum atomic E-state index is 12.9. The number of amides is 3. The van der Waals surface area contributed by atoms with Gasteiger partial charge in [-0.25, -0.2) is 4.79 Å². The number of hydrogen-bond donors (Lipinski definition) is 0. The van der Waals surface area contributed by atoms with Crippen molar-refractivity contribution in [2.45, 2.75) is 51.4 Å². The van der Waals surface area contributed by atoms with Crippen molar-refractivity contribution in [2.24, 2.45) is 5.92 Å². The molecule has 3 aliphatic heterocycles. The van der Waals surface area contributed by atoms with E-state index in [1.165, 1.54) is 0 Å². The summed E-state index contributed by atoms with van der Waals surface area (Å²) in [5.74, 6) is 1.93. The number of hydrogen-bond acceptors (Lipinski definition) is 5. The number of nitrogens with zero attached hydrogens (tertiary/aromatic N) is 5. The number of urea groups is 1. The molecule has 0 unspecified atom stereocenters. The first-order valence-corrected chi connectivity index (χ1v) is 10.2. The Bertz CT molecular complexity index is 669. The van der Waals surface area contributed by atoms with Crippen molar-refractivity contribution in [1.82, 2.24) is 24.8 Å². The van der Waals surface area contributed by atoms with Gasteiger partial charge in [0.25, 0.3) is 0 Å². The molecule has 0 atom stereocenters. The molecule has 0 N–H and O–H groups in total. The average molecular weight is 375 g/mol. The molecule has 148 valence electrons. The first-order valence-electron chi connectivity index (χ1n) is 10.2. The second-order valence-electron chi connectivity index (χ2n) is 8.02. The lowest BCUT2D eigenvalue weighted by atomic mass is 9.92. The molecule has 8 nitrogen and oxygen atoms in total. The van der Waals surface area contributed by atoms with E-state index in [2.05, 4.69) is 10.1 Å². The van der Waals surface area contributed by atoms with Crippen LogP contribution in [0.2, 0.25) is 0 Å². The third-order valence-corrected chi connectivity index (χ3v) is 6.19. The Hall–Kier alpha value is -2.12. The summed E-state index contributed by atoms with van der Waals surface area (Å²) >= 11 is 0. The molecule has 0 radical (unpaired) electrons. The van der Waals surface area contributed by atoms with E-state index in [4.69, 9.17) is 4.52 Å². The molecule has 0 saturated carbocycles. The third kappa shape index (κ3) is 3.94. The molecule has 3 saturated heterocycles. The molecule has 0 aromatic carbocycles. The monoisotopic (exact) mass is 375 g/mol. The number of carbonyl (C=O) groups is 2. The summed E-state index contributed by atoms with van der Waals surface area (Å²) in [6.07, 6.45) is 5.53. The lowest BCUT2D eigenvalue weighted by Gasteiger charge is -2.37. The van der Waals surface area contributed by atoms with Crippen molar-refractivity contribution in [3.8, 4) is 0 Å². The predicted molar refractivity (Wildman–Crippen MR) is 98.1 cm³/mol. The minimum absolute atomic E-state index is 0.0508. The van der Waals surface area contributed by atoms with E-state index in [0.29, 0.717) is 24.8 Å². The van der Waals surface area contributed by atoms with Crippen LogP contribution in [-0.2, 0) is 4.79 Å². The van der Waals surface area contributed by atoms with Crippen LogP contribution in [0.1, 0.15) is 56.2 Å². The summed E-state index contributed by atoms with van der Waals surface area (Å²) < 4.78 is 5.29. The zero-order valence-electron chi connectivity index (χ0n) is 16.1. The van der Waals surface area contributed by atoms with Crippen LogP contribution in [0.15, 0.2) is 4.52 Å². The summed E-state index contributed by atoms with van der Waals surface area (Å²) in [4.78, 5) is 35.6. The van der Waals surface area contributed by atoms with E-state index >= 15 is 0 Å². The van der Waals surface area contributed by atoms with Crippen LogP contribution in [0.3, 0.4) is 0 Å². The van der Waals surface area contributed by atoms with Gasteiger partial charge in [-0.05, 0) is 45.4 Å². The van der Waals surface area contributed by atoms with Gasteiger partial charge in [-0.3, -0.25) is 4.79 Å². The van der Waals surface area contributed by atoms with Crippen molar-refractivity contribution in [1.29, 1.82) is 0 Å². The lowest BCUT2D eigenvalue weighted by molar-refractivity contribution is -0.138. The molecule has 0 spiro atoms. The molecule has 4 heterocycles. The van der Waals surface area contributed by atoms with Gasteiger partial charge in [0.05, 0.1) is 0 Å². The highest BCUT2D eigenvalue weighted by Gasteiger charge is 2.34. The number of rotatable bonds is 2. The number of aryl methyl sites for hydroxylation is 1. The van der Waals surface area contributed by atoms with Gasteiger partial charge in [0.15, 0.2) is 5.82 Å². The number of likely N-dealkylation sites (tertiary alicyclic amines) is 3. The highest BCUT2D eigenvalue weighted by atomic mass is 16.5. The molecule has 27 heavy (non-hydrogen) atoms.